The van der Waals surface area contributed by atoms with Crippen LogP contribution in [-0.2, 0) is 0 Å². The predicted octanol–water partition coefficient (Wildman–Crippen LogP) is 4.36. The Balaban J connectivity index is 2.93. The second-order valence-electron chi connectivity index (χ2n) is 4.21. The van der Waals surface area contributed by atoms with Crippen molar-refractivity contribution in [2.75, 3.05) is 0 Å². The van der Waals surface area contributed by atoms with Crippen LogP contribution in [0.4, 0.5) is 8.78 Å². The maximum Gasteiger partial charge on any atom is 0.171 e. The monoisotopic (exact) mass is 240 g/mol. The first-order chi connectivity index (χ1) is 8.11. The average molecular weight is 240 g/mol. The predicted molar refractivity (Wildman–Crippen MR) is 64.0 cm³/mol. The minimum Gasteiger partial charge on any atom is -0.294 e. The minimum atomic E-state index is -0.759. The number of rotatable bonds is 6. The minimum absolute atomic E-state index is 0.277. The number of halogens is 2. The van der Waals surface area contributed by atoms with Crippen molar-refractivity contribution in [1.29, 1.82) is 0 Å². The highest BCUT2D eigenvalue weighted by Gasteiger charge is 2.23. The van der Waals surface area contributed by atoms with Crippen LogP contribution in [0.25, 0.3) is 0 Å². The Kier molecular flexibility index (Phi) is 5.26. The molecule has 0 saturated carbocycles. The third-order valence-corrected chi connectivity index (χ3v) is 2.98. The van der Waals surface area contributed by atoms with E-state index < -0.39 is 17.4 Å². The van der Waals surface area contributed by atoms with E-state index in [1.165, 1.54) is 6.07 Å². The van der Waals surface area contributed by atoms with Gasteiger partial charge in [-0.1, -0.05) is 32.8 Å². The summed E-state index contributed by atoms with van der Waals surface area (Å²) in [6, 6.07) is 3.53. The van der Waals surface area contributed by atoms with E-state index in [2.05, 4.69) is 0 Å². The molecule has 0 aliphatic carbocycles. The van der Waals surface area contributed by atoms with Crippen molar-refractivity contribution >= 4 is 5.78 Å². The summed E-state index contributed by atoms with van der Waals surface area (Å²) in [5, 5.41) is 0. The molecule has 94 valence electrons. The zero-order chi connectivity index (χ0) is 12.8. The lowest BCUT2D eigenvalue weighted by Crippen LogP contribution is -2.17. The Morgan fingerprint density at radius 2 is 1.82 bits per heavy atom. The number of Topliss-reactive ketones (excluding diaryl/α,β-unsaturated/α-hetero) is 1. The van der Waals surface area contributed by atoms with E-state index in [0.717, 1.165) is 25.0 Å². The van der Waals surface area contributed by atoms with Gasteiger partial charge >= 0.3 is 0 Å². The molecule has 0 aliphatic heterocycles. The second kappa shape index (κ2) is 6.48. The standard InChI is InChI=1S/C14H18F2O/c1-3-5-7-10(4-2)14(17)13-11(15)8-6-9-12(13)16/h6,8-10H,3-5,7H2,1-2H3. The van der Waals surface area contributed by atoms with Gasteiger partial charge in [0.25, 0.3) is 0 Å². The number of carbonyl (C=O) groups is 1. The van der Waals surface area contributed by atoms with Crippen LogP contribution in [0.5, 0.6) is 0 Å². The lowest BCUT2D eigenvalue weighted by atomic mass is 9.90. The summed E-state index contributed by atoms with van der Waals surface area (Å²) in [5.41, 5.74) is -0.379. The van der Waals surface area contributed by atoms with Gasteiger partial charge in [0.05, 0.1) is 5.56 Å². The SMILES string of the molecule is CCCCC(CC)C(=O)c1c(F)cccc1F. The van der Waals surface area contributed by atoms with Crippen molar-refractivity contribution in [3.8, 4) is 0 Å². The molecule has 0 heterocycles. The molecule has 3 heteroatoms. The van der Waals surface area contributed by atoms with Gasteiger partial charge in [-0.3, -0.25) is 4.79 Å². The highest BCUT2D eigenvalue weighted by atomic mass is 19.1. The Labute approximate surface area is 101 Å². The normalized spacial score (nSPS) is 12.5. The van der Waals surface area contributed by atoms with Crippen molar-refractivity contribution in [3.63, 3.8) is 0 Å². The Hall–Kier alpha value is -1.25. The molecule has 0 fully saturated rings. The number of benzene rings is 1. The van der Waals surface area contributed by atoms with Crippen LogP contribution < -0.4 is 0 Å². The summed E-state index contributed by atoms with van der Waals surface area (Å²) in [6.45, 7) is 3.90. The summed E-state index contributed by atoms with van der Waals surface area (Å²) in [4.78, 5) is 12.0. The van der Waals surface area contributed by atoms with Crippen LogP contribution in [0, 0.1) is 17.6 Å². The van der Waals surface area contributed by atoms with Crippen molar-refractivity contribution < 1.29 is 13.6 Å². The van der Waals surface area contributed by atoms with E-state index in [9.17, 15) is 13.6 Å². The van der Waals surface area contributed by atoms with Crippen molar-refractivity contribution in [2.24, 2.45) is 5.92 Å². The Morgan fingerprint density at radius 1 is 1.24 bits per heavy atom. The van der Waals surface area contributed by atoms with Gasteiger partial charge in [-0.2, -0.15) is 0 Å². The smallest absolute Gasteiger partial charge is 0.171 e. The highest BCUT2D eigenvalue weighted by Crippen LogP contribution is 2.22. The van der Waals surface area contributed by atoms with Crippen LogP contribution in [0.15, 0.2) is 18.2 Å². The van der Waals surface area contributed by atoms with Gasteiger partial charge in [0.2, 0.25) is 0 Å². The van der Waals surface area contributed by atoms with Crippen molar-refractivity contribution in [1.82, 2.24) is 0 Å². The number of hydrogen-bond donors (Lipinski definition) is 0. The molecular weight excluding hydrogens is 222 g/mol. The molecule has 0 aromatic heterocycles. The van der Waals surface area contributed by atoms with Gasteiger partial charge in [-0.15, -0.1) is 0 Å². The van der Waals surface area contributed by atoms with E-state index in [4.69, 9.17) is 0 Å². The summed E-state index contributed by atoms with van der Waals surface area (Å²) >= 11 is 0. The Morgan fingerprint density at radius 3 is 2.29 bits per heavy atom. The van der Waals surface area contributed by atoms with Crippen LogP contribution in [0.2, 0.25) is 0 Å². The van der Waals surface area contributed by atoms with Gasteiger partial charge in [0, 0.05) is 5.92 Å². The fraction of sp³-hybridized carbons (Fsp3) is 0.500. The largest absolute Gasteiger partial charge is 0.294 e. The summed E-state index contributed by atoms with van der Waals surface area (Å²) in [5.74, 6) is -2.20. The van der Waals surface area contributed by atoms with Gasteiger partial charge in [-0.25, -0.2) is 8.78 Å². The van der Waals surface area contributed by atoms with E-state index in [1.807, 2.05) is 13.8 Å². The van der Waals surface area contributed by atoms with Gasteiger partial charge in [0.1, 0.15) is 11.6 Å². The maximum absolute atomic E-state index is 13.5. The summed E-state index contributed by atoms with van der Waals surface area (Å²) in [7, 11) is 0. The quantitative estimate of drug-likeness (QED) is 0.675. The van der Waals surface area contributed by atoms with Crippen LogP contribution >= 0.6 is 0 Å². The highest BCUT2D eigenvalue weighted by molar-refractivity contribution is 5.98. The van der Waals surface area contributed by atoms with Crippen LogP contribution in [0.3, 0.4) is 0 Å². The second-order valence-corrected chi connectivity index (χ2v) is 4.21. The Bertz CT molecular complexity index is 368. The molecule has 0 spiro atoms. The molecule has 1 unspecified atom stereocenters. The molecule has 0 radical (unpaired) electrons. The first-order valence-electron chi connectivity index (χ1n) is 6.10. The number of unbranched alkanes of at least 4 members (excludes halogenated alkanes) is 1. The molecule has 0 bridgehead atoms. The molecule has 1 rings (SSSR count). The third kappa shape index (κ3) is 3.35. The van der Waals surface area contributed by atoms with Gasteiger partial charge in [-0.05, 0) is 25.0 Å². The molecule has 1 nitrogen and oxygen atoms in total. The maximum atomic E-state index is 13.5. The third-order valence-electron chi connectivity index (χ3n) is 2.98. The molecule has 1 atom stereocenters. The molecule has 0 amide bonds. The molecule has 0 aliphatic rings. The van der Waals surface area contributed by atoms with E-state index >= 15 is 0 Å². The average Bonchev–Trinajstić information content (AvgIpc) is 2.30. The van der Waals surface area contributed by atoms with Gasteiger partial charge in [0.15, 0.2) is 5.78 Å². The van der Waals surface area contributed by atoms with Crippen molar-refractivity contribution in [2.45, 2.75) is 39.5 Å². The zero-order valence-electron chi connectivity index (χ0n) is 10.3. The first-order valence-corrected chi connectivity index (χ1v) is 6.10. The van der Waals surface area contributed by atoms with Crippen molar-refractivity contribution in [3.05, 3.63) is 35.4 Å². The topological polar surface area (TPSA) is 17.1 Å². The van der Waals surface area contributed by atoms with Crippen LogP contribution in [-0.4, -0.2) is 5.78 Å². The molecular formula is C14H18F2O. The van der Waals surface area contributed by atoms with Crippen LogP contribution in [0.1, 0.15) is 49.9 Å². The molecule has 1 aromatic carbocycles. The lowest BCUT2D eigenvalue weighted by molar-refractivity contribution is 0.0899. The van der Waals surface area contributed by atoms with E-state index in [1.54, 1.807) is 0 Å². The molecule has 0 N–H and O–H groups in total. The number of hydrogen-bond acceptors (Lipinski definition) is 1. The molecule has 17 heavy (non-hydrogen) atoms. The first kappa shape index (κ1) is 13.8. The summed E-state index contributed by atoms with van der Waals surface area (Å²) in [6.07, 6.45) is 3.19. The fourth-order valence-electron chi connectivity index (χ4n) is 1.91. The van der Waals surface area contributed by atoms with E-state index in [0.29, 0.717) is 12.8 Å². The number of carbonyl (C=O) groups excluding carboxylic acids is 1. The van der Waals surface area contributed by atoms with Gasteiger partial charge < -0.3 is 0 Å². The molecule has 1 aromatic rings. The number of ketones is 1. The molecule has 0 saturated heterocycles. The fourth-order valence-corrected chi connectivity index (χ4v) is 1.91. The zero-order valence-corrected chi connectivity index (χ0v) is 10.3. The summed E-state index contributed by atoms with van der Waals surface area (Å²) < 4.78 is 26.9. The lowest BCUT2D eigenvalue weighted by Gasteiger charge is -2.14. The van der Waals surface area contributed by atoms with E-state index in [-0.39, 0.29) is 11.5 Å².